The largest absolute Gasteiger partial charge is 0.465 e. The summed E-state index contributed by atoms with van der Waals surface area (Å²) >= 11 is 1.52. The van der Waals surface area contributed by atoms with E-state index in [-0.39, 0.29) is 23.2 Å². The van der Waals surface area contributed by atoms with Crippen molar-refractivity contribution in [1.82, 2.24) is 4.31 Å². The molecule has 1 fully saturated rings. The third-order valence-corrected chi connectivity index (χ3v) is 9.26. The number of esters is 1. The molecule has 32 heavy (non-hydrogen) atoms. The average Bonchev–Trinajstić information content (AvgIpc) is 3.21. The molecule has 0 unspecified atom stereocenters. The summed E-state index contributed by atoms with van der Waals surface area (Å²) in [6.45, 7) is 1.10. The molecule has 1 aliphatic heterocycles. The molecule has 0 saturated carbocycles. The third-order valence-electron chi connectivity index (χ3n) is 6.10. The summed E-state index contributed by atoms with van der Waals surface area (Å²) in [5.41, 5.74) is 2.01. The molecule has 9 heteroatoms. The molecule has 2 aliphatic rings. The standard InChI is InChI=1S/C23H28N2O5S2/c1-30-23(27)21-18-7-3-4-8-20(18)31-22(21)24-15-19(26)16-9-11-17(12-10-16)32(28,29)25-13-5-2-6-14-25/h9-12,24H,2-8,13-15H2,1H3. The number of carbonyl (C=O) groups excluding carboxylic acids is 2. The normalized spacial score (nSPS) is 16.9. The van der Waals surface area contributed by atoms with Gasteiger partial charge in [-0.15, -0.1) is 11.3 Å². The predicted octanol–water partition coefficient (Wildman–Crippen LogP) is 3.88. The number of rotatable bonds is 7. The number of hydrogen-bond donors (Lipinski definition) is 1. The molecule has 0 atom stereocenters. The summed E-state index contributed by atoms with van der Waals surface area (Å²) < 4.78 is 32.1. The summed E-state index contributed by atoms with van der Waals surface area (Å²) in [6.07, 6.45) is 6.73. The van der Waals surface area contributed by atoms with Crippen molar-refractivity contribution in [2.45, 2.75) is 49.8 Å². The first-order chi connectivity index (χ1) is 15.4. The summed E-state index contributed by atoms with van der Waals surface area (Å²) in [5.74, 6) is -0.555. The van der Waals surface area contributed by atoms with Gasteiger partial charge in [0.2, 0.25) is 10.0 Å². The molecule has 1 N–H and O–H groups in total. The first-order valence-corrected chi connectivity index (χ1v) is 13.3. The van der Waals surface area contributed by atoms with Gasteiger partial charge in [0.1, 0.15) is 5.00 Å². The summed E-state index contributed by atoms with van der Waals surface area (Å²) in [7, 11) is -2.16. The van der Waals surface area contributed by atoms with Crippen LogP contribution in [0.2, 0.25) is 0 Å². The minimum atomic E-state index is -3.52. The van der Waals surface area contributed by atoms with Gasteiger partial charge in [-0.05, 0) is 68.4 Å². The Morgan fingerprint density at radius 3 is 2.41 bits per heavy atom. The van der Waals surface area contributed by atoms with Gasteiger partial charge in [0.05, 0.1) is 24.1 Å². The molecule has 2 heterocycles. The van der Waals surface area contributed by atoms with Crippen molar-refractivity contribution >= 4 is 38.1 Å². The van der Waals surface area contributed by atoms with Gasteiger partial charge in [0.15, 0.2) is 5.78 Å². The molecule has 1 saturated heterocycles. The van der Waals surface area contributed by atoms with Crippen molar-refractivity contribution in [3.05, 3.63) is 45.8 Å². The number of anilines is 1. The third kappa shape index (κ3) is 4.60. The highest BCUT2D eigenvalue weighted by Gasteiger charge is 2.27. The number of methoxy groups -OCH3 is 1. The molecule has 0 amide bonds. The molecule has 172 valence electrons. The molecule has 1 aromatic heterocycles. The molecule has 2 aromatic rings. The zero-order chi connectivity index (χ0) is 22.7. The zero-order valence-electron chi connectivity index (χ0n) is 18.2. The minimum Gasteiger partial charge on any atom is -0.465 e. The van der Waals surface area contributed by atoms with Gasteiger partial charge in [-0.1, -0.05) is 6.42 Å². The van der Waals surface area contributed by atoms with Crippen molar-refractivity contribution in [3.8, 4) is 0 Å². The number of benzene rings is 1. The number of aryl methyl sites for hydroxylation is 1. The van der Waals surface area contributed by atoms with Gasteiger partial charge in [0.25, 0.3) is 0 Å². The number of ether oxygens (including phenoxy) is 1. The second-order valence-electron chi connectivity index (χ2n) is 8.17. The maximum atomic E-state index is 12.8. The van der Waals surface area contributed by atoms with Gasteiger partial charge in [-0.3, -0.25) is 4.79 Å². The number of piperidine rings is 1. The highest BCUT2D eigenvalue weighted by atomic mass is 32.2. The van der Waals surface area contributed by atoms with E-state index in [0.29, 0.717) is 29.2 Å². The molecule has 0 bridgehead atoms. The highest BCUT2D eigenvalue weighted by molar-refractivity contribution is 7.89. The van der Waals surface area contributed by atoms with E-state index in [1.54, 1.807) is 12.1 Å². The van der Waals surface area contributed by atoms with Crippen LogP contribution in [-0.2, 0) is 27.6 Å². The van der Waals surface area contributed by atoms with Crippen LogP contribution >= 0.6 is 11.3 Å². The van der Waals surface area contributed by atoms with Crippen molar-refractivity contribution in [2.75, 3.05) is 32.1 Å². The maximum Gasteiger partial charge on any atom is 0.341 e. The molecule has 0 spiro atoms. The second-order valence-corrected chi connectivity index (χ2v) is 11.2. The Hall–Kier alpha value is -2.23. The van der Waals surface area contributed by atoms with Gasteiger partial charge < -0.3 is 10.1 Å². The lowest BCUT2D eigenvalue weighted by Gasteiger charge is -2.25. The molecule has 7 nitrogen and oxygen atoms in total. The number of Topliss-reactive ketones (excluding diaryl/α,β-unsaturated/α-hetero) is 1. The monoisotopic (exact) mass is 476 g/mol. The fourth-order valence-corrected chi connectivity index (χ4v) is 7.13. The maximum absolute atomic E-state index is 12.8. The van der Waals surface area contributed by atoms with E-state index in [2.05, 4.69) is 5.32 Å². The molecule has 1 aliphatic carbocycles. The Morgan fingerprint density at radius 1 is 1.03 bits per heavy atom. The van der Waals surface area contributed by atoms with E-state index in [4.69, 9.17) is 4.74 Å². The predicted molar refractivity (Wildman–Crippen MR) is 124 cm³/mol. The van der Waals surface area contributed by atoms with E-state index in [9.17, 15) is 18.0 Å². The Morgan fingerprint density at radius 2 is 1.72 bits per heavy atom. The first-order valence-electron chi connectivity index (χ1n) is 11.0. The Balaban J connectivity index is 1.46. The van der Waals surface area contributed by atoms with E-state index < -0.39 is 10.0 Å². The van der Waals surface area contributed by atoms with Crippen LogP contribution in [0.1, 0.15) is 63.3 Å². The van der Waals surface area contributed by atoms with Gasteiger partial charge in [-0.2, -0.15) is 4.31 Å². The van der Waals surface area contributed by atoms with Crippen LogP contribution < -0.4 is 5.32 Å². The number of fused-ring (bicyclic) bond motifs is 1. The second kappa shape index (κ2) is 9.72. The number of nitrogens with zero attached hydrogens (tertiary/aromatic N) is 1. The number of thiophene rings is 1. The van der Waals surface area contributed by atoms with Crippen molar-refractivity contribution in [2.24, 2.45) is 0 Å². The Bertz CT molecular complexity index is 1100. The lowest BCUT2D eigenvalue weighted by atomic mass is 9.95. The fraction of sp³-hybridized carbons (Fsp3) is 0.478. The molecular weight excluding hydrogens is 448 g/mol. The Kier molecular flexibility index (Phi) is 6.97. The van der Waals surface area contributed by atoms with Crippen LogP contribution in [0.15, 0.2) is 29.2 Å². The lowest BCUT2D eigenvalue weighted by Crippen LogP contribution is -2.35. The van der Waals surface area contributed by atoms with Crippen LogP contribution in [0, 0.1) is 0 Å². The molecular formula is C23H28N2O5S2. The van der Waals surface area contributed by atoms with Crippen LogP contribution in [-0.4, -0.2) is 51.2 Å². The van der Waals surface area contributed by atoms with Crippen molar-refractivity contribution < 1.29 is 22.7 Å². The number of nitrogens with one attached hydrogen (secondary N) is 1. The van der Waals surface area contributed by atoms with Crippen LogP contribution in [0.25, 0.3) is 0 Å². The summed E-state index contributed by atoms with van der Waals surface area (Å²) in [4.78, 5) is 26.5. The topological polar surface area (TPSA) is 92.8 Å². The fourth-order valence-electron chi connectivity index (χ4n) is 4.34. The lowest BCUT2D eigenvalue weighted by molar-refractivity contribution is 0.0600. The average molecular weight is 477 g/mol. The van der Waals surface area contributed by atoms with E-state index in [0.717, 1.165) is 50.5 Å². The summed E-state index contributed by atoms with van der Waals surface area (Å²) in [5, 5.41) is 3.79. The van der Waals surface area contributed by atoms with Crippen LogP contribution in [0.4, 0.5) is 5.00 Å². The highest BCUT2D eigenvalue weighted by Crippen LogP contribution is 2.38. The minimum absolute atomic E-state index is 0.0155. The number of ketones is 1. The molecule has 0 radical (unpaired) electrons. The van der Waals surface area contributed by atoms with Gasteiger partial charge in [-0.25, -0.2) is 13.2 Å². The van der Waals surface area contributed by atoms with Gasteiger partial charge >= 0.3 is 5.97 Å². The van der Waals surface area contributed by atoms with E-state index in [1.165, 1.54) is 39.8 Å². The Labute approximate surface area is 192 Å². The molecule has 1 aromatic carbocycles. The van der Waals surface area contributed by atoms with Crippen molar-refractivity contribution in [1.29, 1.82) is 0 Å². The SMILES string of the molecule is COC(=O)c1c(NCC(=O)c2ccc(S(=O)(=O)N3CCCCC3)cc2)sc2c1CCCC2. The first kappa shape index (κ1) is 22.9. The zero-order valence-corrected chi connectivity index (χ0v) is 19.8. The smallest absolute Gasteiger partial charge is 0.341 e. The summed E-state index contributed by atoms with van der Waals surface area (Å²) in [6, 6.07) is 6.12. The number of carbonyl (C=O) groups is 2. The quantitative estimate of drug-likeness (QED) is 0.482. The van der Waals surface area contributed by atoms with Crippen LogP contribution in [0.5, 0.6) is 0 Å². The number of sulfonamides is 1. The van der Waals surface area contributed by atoms with Crippen LogP contribution in [0.3, 0.4) is 0 Å². The van der Waals surface area contributed by atoms with E-state index >= 15 is 0 Å². The van der Waals surface area contributed by atoms with Gasteiger partial charge in [0, 0.05) is 23.5 Å². The van der Waals surface area contributed by atoms with Crippen molar-refractivity contribution in [3.63, 3.8) is 0 Å². The number of hydrogen-bond acceptors (Lipinski definition) is 7. The van der Waals surface area contributed by atoms with E-state index in [1.807, 2.05) is 0 Å². The molecule has 4 rings (SSSR count).